The lowest BCUT2D eigenvalue weighted by molar-refractivity contribution is 0.0603. The number of esters is 1. The monoisotopic (exact) mass is 554 g/mol. The molecule has 0 atom stereocenters. The summed E-state index contributed by atoms with van der Waals surface area (Å²) in [6.45, 7) is 5.91. The number of halogens is 1. The summed E-state index contributed by atoms with van der Waals surface area (Å²) in [5.74, 6) is 1.15. The SMILES string of the molecule is COC(=O)c1csc2c(-c3cc(Cl)ccc3OCCn3c(C)nc4c(c3=O)CN(C)CCO4)cc(C)nc12. The van der Waals surface area contributed by atoms with Gasteiger partial charge in [0.1, 0.15) is 24.8 Å². The predicted molar refractivity (Wildman–Crippen MR) is 147 cm³/mol. The molecule has 38 heavy (non-hydrogen) atoms. The molecule has 0 bridgehead atoms. The average molecular weight is 555 g/mol. The van der Waals surface area contributed by atoms with Crippen molar-refractivity contribution in [1.82, 2.24) is 19.4 Å². The molecule has 198 valence electrons. The summed E-state index contributed by atoms with van der Waals surface area (Å²) in [6.07, 6.45) is 0. The zero-order valence-electron chi connectivity index (χ0n) is 21.5. The maximum atomic E-state index is 13.3. The van der Waals surface area contributed by atoms with Crippen molar-refractivity contribution >= 4 is 39.1 Å². The van der Waals surface area contributed by atoms with E-state index in [1.54, 1.807) is 22.9 Å². The third-order valence-corrected chi connectivity index (χ3v) is 7.65. The van der Waals surface area contributed by atoms with E-state index in [9.17, 15) is 9.59 Å². The quantitative estimate of drug-likeness (QED) is 0.322. The minimum Gasteiger partial charge on any atom is -0.491 e. The van der Waals surface area contributed by atoms with Crippen LogP contribution in [0, 0.1) is 13.8 Å². The number of likely N-dealkylation sites (N-methyl/N-ethyl adjacent to an activating group) is 1. The normalized spacial score (nSPS) is 13.6. The molecule has 9 nitrogen and oxygen atoms in total. The molecule has 0 saturated heterocycles. The van der Waals surface area contributed by atoms with Crippen molar-refractivity contribution in [1.29, 1.82) is 0 Å². The Kier molecular flexibility index (Phi) is 7.38. The number of ether oxygens (including phenoxy) is 3. The van der Waals surface area contributed by atoms with E-state index in [4.69, 9.17) is 25.8 Å². The van der Waals surface area contributed by atoms with Gasteiger partial charge in [0.15, 0.2) is 0 Å². The van der Waals surface area contributed by atoms with E-state index in [-0.39, 0.29) is 12.2 Å². The van der Waals surface area contributed by atoms with E-state index in [0.717, 1.165) is 28.1 Å². The van der Waals surface area contributed by atoms with Gasteiger partial charge >= 0.3 is 5.97 Å². The minimum absolute atomic E-state index is 0.124. The average Bonchev–Trinajstić information content (AvgIpc) is 3.22. The van der Waals surface area contributed by atoms with Gasteiger partial charge in [0, 0.05) is 40.3 Å². The number of thiophene rings is 1. The molecule has 0 unspecified atom stereocenters. The molecule has 0 saturated carbocycles. The van der Waals surface area contributed by atoms with Gasteiger partial charge in [-0.3, -0.25) is 19.2 Å². The largest absolute Gasteiger partial charge is 0.491 e. The van der Waals surface area contributed by atoms with Crippen LogP contribution in [-0.4, -0.2) is 59.3 Å². The van der Waals surface area contributed by atoms with E-state index in [1.165, 1.54) is 18.4 Å². The fourth-order valence-electron chi connectivity index (χ4n) is 4.52. The summed E-state index contributed by atoms with van der Waals surface area (Å²) >= 11 is 7.80. The lowest BCUT2D eigenvalue weighted by Gasteiger charge is -2.17. The van der Waals surface area contributed by atoms with Crippen LogP contribution in [0.3, 0.4) is 0 Å². The van der Waals surface area contributed by atoms with E-state index < -0.39 is 5.97 Å². The van der Waals surface area contributed by atoms with Gasteiger partial charge in [-0.2, -0.15) is 4.98 Å². The van der Waals surface area contributed by atoms with Gasteiger partial charge in [0.25, 0.3) is 5.56 Å². The van der Waals surface area contributed by atoms with Crippen molar-refractivity contribution in [3.63, 3.8) is 0 Å². The molecule has 1 aromatic carbocycles. The number of fused-ring (bicyclic) bond motifs is 2. The van der Waals surface area contributed by atoms with Crippen LogP contribution >= 0.6 is 22.9 Å². The van der Waals surface area contributed by atoms with Crippen molar-refractivity contribution < 1.29 is 19.0 Å². The van der Waals surface area contributed by atoms with Crippen molar-refractivity contribution in [3.05, 3.63) is 67.7 Å². The molecule has 1 aliphatic heterocycles. The molecule has 0 aliphatic carbocycles. The summed E-state index contributed by atoms with van der Waals surface area (Å²) in [5.41, 5.74) is 3.79. The first-order valence-corrected chi connectivity index (χ1v) is 13.3. The van der Waals surface area contributed by atoms with Gasteiger partial charge in [0.05, 0.1) is 35.0 Å². The predicted octanol–water partition coefficient (Wildman–Crippen LogP) is 4.48. The summed E-state index contributed by atoms with van der Waals surface area (Å²) < 4.78 is 19.3. The maximum absolute atomic E-state index is 13.3. The topological polar surface area (TPSA) is 95.8 Å². The molecule has 4 aromatic rings. The number of pyridine rings is 1. The van der Waals surface area contributed by atoms with E-state index in [0.29, 0.717) is 58.8 Å². The lowest BCUT2D eigenvalue weighted by atomic mass is 10.0. The van der Waals surface area contributed by atoms with Crippen LogP contribution in [0.4, 0.5) is 0 Å². The van der Waals surface area contributed by atoms with Gasteiger partial charge in [-0.15, -0.1) is 11.3 Å². The van der Waals surface area contributed by atoms with Gasteiger partial charge < -0.3 is 14.2 Å². The van der Waals surface area contributed by atoms with Crippen molar-refractivity contribution in [2.75, 3.05) is 33.9 Å². The molecule has 0 spiro atoms. The number of hydrogen-bond donors (Lipinski definition) is 0. The van der Waals surface area contributed by atoms with Gasteiger partial charge in [0.2, 0.25) is 5.88 Å². The van der Waals surface area contributed by atoms with E-state index >= 15 is 0 Å². The molecule has 11 heteroatoms. The van der Waals surface area contributed by atoms with Crippen LogP contribution < -0.4 is 15.0 Å². The number of nitrogens with zero attached hydrogens (tertiary/aromatic N) is 4. The Morgan fingerprint density at radius 2 is 2.03 bits per heavy atom. The Hall–Kier alpha value is -3.47. The highest BCUT2D eigenvalue weighted by atomic mass is 35.5. The number of carbonyl (C=O) groups is 1. The second kappa shape index (κ2) is 10.7. The smallest absolute Gasteiger partial charge is 0.340 e. The second-order valence-corrected chi connectivity index (χ2v) is 10.4. The minimum atomic E-state index is -0.436. The highest BCUT2D eigenvalue weighted by Crippen LogP contribution is 2.40. The van der Waals surface area contributed by atoms with Crippen LogP contribution in [0.5, 0.6) is 11.6 Å². The molecule has 0 N–H and O–H groups in total. The molecule has 0 amide bonds. The summed E-state index contributed by atoms with van der Waals surface area (Å²) in [7, 11) is 3.30. The standard InChI is InChI=1S/C27H27ClN4O5S/c1-15-11-19(24-23(29-15)21(14-38-24)27(34)35-4)18-12-17(28)5-6-22(18)36-10-8-32-16(2)30-25-20(26(32)33)13-31(3)7-9-37-25/h5-6,11-12,14H,7-10,13H2,1-4H3. The fourth-order valence-corrected chi connectivity index (χ4v) is 5.70. The Morgan fingerprint density at radius 1 is 1.21 bits per heavy atom. The molecule has 3 aromatic heterocycles. The summed E-state index contributed by atoms with van der Waals surface area (Å²) in [4.78, 5) is 36.7. The van der Waals surface area contributed by atoms with Crippen LogP contribution in [0.15, 0.2) is 34.4 Å². The molecular formula is C27H27ClN4O5S. The third kappa shape index (κ3) is 4.99. The third-order valence-electron chi connectivity index (χ3n) is 6.42. The Labute approximate surface area is 228 Å². The molecular weight excluding hydrogens is 528 g/mol. The molecule has 5 rings (SSSR count). The molecule has 0 fully saturated rings. The molecule has 1 aliphatic rings. The highest BCUT2D eigenvalue weighted by molar-refractivity contribution is 7.18. The highest BCUT2D eigenvalue weighted by Gasteiger charge is 2.22. The van der Waals surface area contributed by atoms with Gasteiger partial charge in [-0.1, -0.05) is 11.6 Å². The number of aryl methyl sites for hydroxylation is 2. The first-order chi connectivity index (χ1) is 18.3. The van der Waals surface area contributed by atoms with Crippen molar-refractivity contribution in [2.24, 2.45) is 0 Å². The number of methoxy groups -OCH3 is 1. The van der Waals surface area contributed by atoms with E-state index in [1.807, 2.05) is 37.1 Å². The second-order valence-electron chi connectivity index (χ2n) is 9.10. The van der Waals surface area contributed by atoms with Crippen molar-refractivity contribution in [3.8, 4) is 22.8 Å². The molecule has 0 radical (unpaired) electrons. The number of aromatic nitrogens is 3. The Bertz CT molecular complexity index is 1600. The Morgan fingerprint density at radius 3 is 2.82 bits per heavy atom. The van der Waals surface area contributed by atoms with Crippen LogP contribution in [0.25, 0.3) is 21.3 Å². The van der Waals surface area contributed by atoms with Crippen LogP contribution in [0.2, 0.25) is 5.02 Å². The lowest BCUT2D eigenvalue weighted by Crippen LogP contribution is -2.31. The Balaban J connectivity index is 1.46. The van der Waals surface area contributed by atoms with Crippen molar-refractivity contribution in [2.45, 2.75) is 26.9 Å². The molecule has 4 heterocycles. The number of benzene rings is 1. The van der Waals surface area contributed by atoms with Gasteiger partial charge in [-0.25, -0.2) is 4.79 Å². The number of rotatable bonds is 6. The summed E-state index contributed by atoms with van der Waals surface area (Å²) in [6, 6.07) is 7.34. The first kappa shape index (κ1) is 26.1. The zero-order chi connectivity index (χ0) is 27.0. The zero-order valence-corrected chi connectivity index (χ0v) is 23.1. The maximum Gasteiger partial charge on any atom is 0.340 e. The fraction of sp³-hybridized carbons (Fsp3) is 0.333. The number of carbonyl (C=O) groups excluding carboxylic acids is 1. The number of hydrogen-bond acceptors (Lipinski definition) is 9. The first-order valence-electron chi connectivity index (χ1n) is 12.1. The summed E-state index contributed by atoms with van der Waals surface area (Å²) in [5, 5.41) is 2.30. The van der Waals surface area contributed by atoms with Gasteiger partial charge in [-0.05, 0) is 45.2 Å². The van der Waals surface area contributed by atoms with E-state index in [2.05, 4.69) is 9.97 Å². The van der Waals surface area contributed by atoms with Crippen LogP contribution in [0.1, 0.15) is 27.4 Å². The van der Waals surface area contributed by atoms with Crippen LogP contribution in [-0.2, 0) is 17.8 Å².